The molecule has 0 bridgehead atoms. The van der Waals surface area contributed by atoms with Crippen LogP contribution in [0.25, 0.3) is 0 Å². The number of hydrogen-bond acceptors (Lipinski definition) is 4. The molecule has 0 aliphatic heterocycles. The first-order valence-corrected chi connectivity index (χ1v) is 6.19. The van der Waals surface area contributed by atoms with Gasteiger partial charge in [-0.25, -0.2) is 0 Å². The number of nitrogens with one attached hydrogen (secondary N) is 2. The fraction of sp³-hybridized carbons (Fsp3) is 0.818. The van der Waals surface area contributed by atoms with Gasteiger partial charge in [0.2, 0.25) is 5.95 Å². The highest BCUT2D eigenvalue weighted by atomic mass is 15.3. The Balaban J connectivity index is 1.82. The van der Waals surface area contributed by atoms with Crippen molar-refractivity contribution in [1.82, 2.24) is 20.5 Å². The predicted octanol–water partition coefficient (Wildman–Crippen LogP) is 1.45. The lowest BCUT2D eigenvalue weighted by Gasteiger charge is -2.22. The van der Waals surface area contributed by atoms with Crippen molar-refractivity contribution in [3.05, 3.63) is 5.82 Å². The Kier molecular flexibility index (Phi) is 3.77. The summed E-state index contributed by atoms with van der Waals surface area (Å²) in [6.07, 6.45) is 6.68. The fourth-order valence-electron chi connectivity index (χ4n) is 2.62. The topological polar surface area (TPSA) is 79.6 Å². The maximum absolute atomic E-state index is 5.46. The summed E-state index contributed by atoms with van der Waals surface area (Å²) in [5.74, 6) is 1.99. The van der Waals surface area contributed by atoms with Crippen molar-refractivity contribution in [2.75, 3.05) is 5.73 Å². The Bertz CT molecular complexity index is 316. The minimum atomic E-state index is 0.325. The van der Waals surface area contributed by atoms with Gasteiger partial charge in [0.15, 0.2) is 0 Å². The first-order chi connectivity index (χ1) is 7.79. The number of nitrogens with two attached hydrogens (primary N) is 1. The van der Waals surface area contributed by atoms with Crippen LogP contribution in [0.3, 0.4) is 0 Å². The van der Waals surface area contributed by atoms with Crippen molar-refractivity contribution in [2.45, 2.75) is 51.6 Å². The Morgan fingerprint density at radius 3 is 2.81 bits per heavy atom. The lowest BCUT2D eigenvalue weighted by atomic mass is 9.96. The molecular weight excluding hydrogens is 202 g/mol. The molecule has 1 aliphatic carbocycles. The Morgan fingerprint density at radius 1 is 1.50 bits per heavy atom. The molecule has 5 nitrogen and oxygen atoms in total. The number of nitrogens with zero attached hydrogens (tertiary/aromatic N) is 2. The first kappa shape index (κ1) is 11.4. The van der Waals surface area contributed by atoms with E-state index in [0.29, 0.717) is 12.0 Å². The molecule has 1 saturated carbocycles. The summed E-state index contributed by atoms with van der Waals surface area (Å²) in [6, 6.07) is 0.605. The van der Waals surface area contributed by atoms with Crippen LogP contribution < -0.4 is 11.1 Å². The average Bonchev–Trinajstić information content (AvgIpc) is 2.91. The van der Waals surface area contributed by atoms with E-state index in [0.717, 1.165) is 18.3 Å². The van der Waals surface area contributed by atoms with E-state index in [-0.39, 0.29) is 0 Å². The zero-order valence-corrected chi connectivity index (χ0v) is 9.87. The van der Waals surface area contributed by atoms with Crippen LogP contribution in [0.15, 0.2) is 0 Å². The van der Waals surface area contributed by atoms with E-state index in [9.17, 15) is 0 Å². The van der Waals surface area contributed by atoms with Gasteiger partial charge in [0, 0.05) is 6.04 Å². The van der Waals surface area contributed by atoms with Gasteiger partial charge in [-0.3, -0.25) is 5.10 Å². The number of nitrogen functional groups attached to an aromatic ring is 1. The van der Waals surface area contributed by atoms with Gasteiger partial charge in [-0.05, 0) is 25.2 Å². The van der Waals surface area contributed by atoms with E-state index in [1.165, 1.54) is 32.1 Å². The maximum atomic E-state index is 5.46. The molecule has 4 N–H and O–H groups in total. The lowest BCUT2D eigenvalue weighted by molar-refractivity contribution is 0.345. The predicted molar refractivity (Wildman–Crippen MR) is 63.7 cm³/mol. The third-order valence-electron chi connectivity index (χ3n) is 3.49. The Hall–Kier alpha value is -1.10. The van der Waals surface area contributed by atoms with E-state index in [4.69, 9.17) is 5.73 Å². The lowest BCUT2D eigenvalue weighted by Crippen LogP contribution is -2.34. The zero-order chi connectivity index (χ0) is 11.4. The van der Waals surface area contributed by atoms with Crippen LogP contribution in [0.1, 0.15) is 44.9 Å². The van der Waals surface area contributed by atoms with Gasteiger partial charge < -0.3 is 11.1 Å². The summed E-state index contributed by atoms with van der Waals surface area (Å²) >= 11 is 0. The SMILES string of the molecule is CCC(NCc1nc(N)n[nH]1)C1CCCC1. The summed E-state index contributed by atoms with van der Waals surface area (Å²) in [7, 11) is 0. The van der Waals surface area contributed by atoms with Crippen LogP contribution in [-0.4, -0.2) is 21.2 Å². The Labute approximate surface area is 96.2 Å². The van der Waals surface area contributed by atoms with Crippen molar-refractivity contribution in [1.29, 1.82) is 0 Å². The van der Waals surface area contributed by atoms with Gasteiger partial charge in [-0.2, -0.15) is 4.98 Å². The minimum Gasteiger partial charge on any atom is -0.367 e. The normalized spacial score (nSPS) is 19.1. The maximum Gasteiger partial charge on any atom is 0.239 e. The van der Waals surface area contributed by atoms with Gasteiger partial charge in [-0.1, -0.05) is 19.8 Å². The second kappa shape index (κ2) is 5.30. The first-order valence-electron chi connectivity index (χ1n) is 6.19. The standard InChI is InChI=1S/C11H21N5/c1-2-9(8-5-3-4-6-8)13-7-10-14-11(12)16-15-10/h8-9,13H,2-7H2,1H3,(H3,12,14,15,16). The molecule has 1 aromatic rings. The fourth-order valence-corrected chi connectivity index (χ4v) is 2.62. The highest BCUT2D eigenvalue weighted by Gasteiger charge is 2.23. The third-order valence-corrected chi connectivity index (χ3v) is 3.49. The van der Waals surface area contributed by atoms with Crippen molar-refractivity contribution >= 4 is 5.95 Å². The molecule has 1 aliphatic rings. The molecule has 1 heterocycles. The second-order valence-corrected chi connectivity index (χ2v) is 4.58. The second-order valence-electron chi connectivity index (χ2n) is 4.58. The van der Waals surface area contributed by atoms with Crippen LogP contribution in [0.5, 0.6) is 0 Å². The monoisotopic (exact) mass is 223 g/mol. The number of rotatable bonds is 5. The summed E-state index contributed by atoms with van der Waals surface area (Å²) in [4.78, 5) is 4.09. The molecule has 0 aromatic carbocycles. The summed E-state index contributed by atoms with van der Waals surface area (Å²) in [5, 5.41) is 10.2. The van der Waals surface area contributed by atoms with Crippen molar-refractivity contribution in [3.8, 4) is 0 Å². The largest absolute Gasteiger partial charge is 0.367 e. The van der Waals surface area contributed by atoms with E-state index < -0.39 is 0 Å². The molecule has 1 aromatic heterocycles. The van der Waals surface area contributed by atoms with Crippen molar-refractivity contribution in [3.63, 3.8) is 0 Å². The molecule has 0 radical (unpaired) electrons. The van der Waals surface area contributed by atoms with Crippen molar-refractivity contribution < 1.29 is 0 Å². The van der Waals surface area contributed by atoms with Crippen LogP contribution in [0.2, 0.25) is 0 Å². The smallest absolute Gasteiger partial charge is 0.239 e. The Morgan fingerprint density at radius 2 is 2.25 bits per heavy atom. The van der Waals surface area contributed by atoms with E-state index >= 15 is 0 Å². The van der Waals surface area contributed by atoms with Crippen LogP contribution in [0.4, 0.5) is 5.95 Å². The number of anilines is 1. The van der Waals surface area contributed by atoms with Crippen LogP contribution in [-0.2, 0) is 6.54 Å². The molecule has 0 amide bonds. The van der Waals surface area contributed by atoms with Gasteiger partial charge in [0.1, 0.15) is 5.82 Å². The number of H-pyrrole nitrogens is 1. The van der Waals surface area contributed by atoms with E-state index in [2.05, 4.69) is 27.4 Å². The molecule has 2 rings (SSSR count). The molecule has 16 heavy (non-hydrogen) atoms. The summed E-state index contributed by atoms with van der Waals surface area (Å²) < 4.78 is 0. The van der Waals surface area contributed by atoms with Gasteiger partial charge >= 0.3 is 0 Å². The minimum absolute atomic E-state index is 0.325. The molecule has 0 spiro atoms. The average molecular weight is 223 g/mol. The molecule has 1 unspecified atom stereocenters. The summed E-state index contributed by atoms with van der Waals surface area (Å²) in [5.41, 5.74) is 5.46. The molecule has 1 fully saturated rings. The highest BCUT2D eigenvalue weighted by molar-refractivity contribution is 5.12. The molecule has 90 valence electrons. The molecular formula is C11H21N5. The van der Waals surface area contributed by atoms with Crippen molar-refractivity contribution in [2.24, 2.45) is 5.92 Å². The summed E-state index contributed by atoms with van der Waals surface area (Å²) in [6.45, 7) is 2.98. The van der Waals surface area contributed by atoms with E-state index in [1.807, 2.05) is 0 Å². The van der Waals surface area contributed by atoms with Crippen LogP contribution >= 0.6 is 0 Å². The molecule has 5 heteroatoms. The quantitative estimate of drug-likeness (QED) is 0.705. The third kappa shape index (κ3) is 2.72. The number of aromatic amines is 1. The molecule has 0 saturated heterocycles. The van der Waals surface area contributed by atoms with Gasteiger partial charge in [0.25, 0.3) is 0 Å². The number of hydrogen-bond donors (Lipinski definition) is 3. The molecule has 1 atom stereocenters. The van der Waals surface area contributed by atoms with Crippen LogP contribution in [0, 0.1) is 5.92 Å². The van der Waals surface area contributed by atoms with Gasteiger partial charge in [-0.15, -0.1) is 5.10 Å². The van der Waals surface area contributed by atoms with Gasteiger partial charge in [0.05, 0.1) is 6.54 Å². The number of aromatic nitrogens is 3. The zero-order valence-electron chi connectivity index (χ0n) is 9.87. The highest BCUT2D eigenvalue weighted by Crippen LogP contribution is 2.28. The van der Waals surface area contributed by atoms with E-state index in [1.54, 1.807) is 0 Å².